The Morgan fingerprint density at radius 3 is 2.86 bits per heavy atom. The van der Waals surface area contributed by atoms with Crippen molar-refractivity contribution >= 4 is 0 Å². The molecule has 21 heavy (non-hydrogen) atoms. The highest BCUT2D eigenvalue weighted by Crippen LogP contribution is 2.38. The lowest BCUT2D eigenvalue weighted by atomic mass is 9.91. The van der Waals surface area contributed by atoms with E-state index in [2.05, 4.69) is 0 Å². The summed E-state index contributed by atoms with van der Waals surface area (Å²) in [4.78, 5) is 0. The van der Waals surface area contributed by atoms with Crippen LogP contribution in [0.5, 0.6) is 5.75 Å². The predicted molar refractivity (Wildman–Crippen MR) is 76.8 cm³/mol. The predicted octanol–water partition coefficient (Wildman–Crippen LogP) is 3.18. The Morgan fingerprint density at radius 1 is 1.29 bits per heavy atom. The van der Waals surface area contributed by atoms with Crippen molar-refractivity contribution in [2.75, 3.05) is 13.7 Å². The van der Waals surface area contributed by atoms with Gasteiger partial charge in [0.25, 0.3) is 0 Å². The number of ether oxygens (including phenoxy) is 2. The summed E-state index contributed by atoms with van der Waals surface area (Å²) in [5.41, 5.74) is 2.28. The van der Waals surface area contributed by atoms with E-state index < -0.39 is 18.0 Å². The molecule has 1 aliphatic heterocycles. The van der Waals surface area contributed by atoms with Gasteiger partial charge in [0, 0.05) is 11.6 Å². The Hall–Kier alpha value is -1.91. The first-order valence-electron chi connectivity index (χ1n) is 6.91. The number of fused-ring (bicyclic) bond motifs is 1. The minimum absolute atomic E-state index is 0.220. The molecular weight excluding hydrogens is 271 g/mol. The zero-order valence-electron chi connectivity index (χ0n) is 11.8. The van der Waals surface area contributed by atoms with Crippen molar-refractivity contribution in [2.24, 2.45) is 0 Å². The van der Waals surface area contributed by atoms with Crippen molar-refractivity contribution in [1.29, 1.82) is 0 Å². The summed E-state index contributed by atoms with van der Waals surface area (Å²) in [5.74, 6) is -0.0677. The van der Waals surface area contributed by atoms with Gasteiger partial charge >= 0.3 is 0 Å². The molecule has 2 aromatic rings. The molecule has 0 amide bonds. The Labute approximate surface area is 122 Å². The third-order valence-electron chi connectivity index (χ3n) is 3.84. The lowest BCUT2D eigenvalue weighted by Crippen LogP contribution is -2.22. The molecule has 3 rings (SSSR count). The lowest BCUT2D eigenvalue weighted by Gasteiger charge is -2.30. The third-order valence-corrected chi connectivity index (χ3v) is 3.84. The lowest BCUT2D eigenvalue weighted by molar-refractivity contribution is -0.0495. The molecule has 0 saturated carbocycles. The SMILES string of the molecule is COc1ccc(C(O)C2OCCc3ccccc32)c(F)c1. The molecule has 0 spiro atoms. The largest absolute Gasteiger partial charge is 0.497 e. The summed E-state index contributed by atoms with van der Waals surface area (Å²) in [7, 11) is 1.48. The van der Waals surface area contributed by atoms with E-state index in [1.165, 1.54) is 13.2 Å². The molecule has 110 valence electrons. The van der Waals surface area contributed by atoms with Crippen LogP contribution in [0.3, 0.4) is 0 Å². The normalized spacial score (nSPS) is 18.9. The maximum atomic E-state index is 14.1. The van der Waals surface area contributed by atoms with Gasteiger partial charge in [-0.1, -0.05) is 24.3 Å². The molecule has 0 fully saturated rings. The Bertz CT molecular complexity index is 642. The number of hydrogen-bond acceptors (Lipinski definition) is 3. The summed E-state index contributed by atoms with van der Waals surface area (Å²) >= 11 is 0. The quantitative estimate of drug-likeness (QED) is 0.942. The van der Waals surface area contributed by atoms with Crippen molar-refractivity contribution in [3.05, 3.63) is 65.0 Å². The first kappa shape index (κ1) is 14.0. The first-order chi connectivity index (χ1) is 10.2. The van der Waals surface area contributed by atoms with Crippen LogP contribution in [0.4, 0.5) is 4.39 Å². The van der Waals surface area contributed by atoms with Crippen LogP contribution in [0.25, 0.3) is 0 Å². The van der Waals surface area contributed by atoms with Gasteiger partial charge in [0.05, 0.1) is 13.7 Å². The van der Waals surface area contributed by atoms with Crippen LogP contribution < -0.4 is 4.74 Å². The van der Waals surface area contributed by atoms with E-state index in [1.54, 1.807) is 12.1 Å². The Morgan fingerprint density at radius 2 is 2.10 bits per heavy atom. The van der Waals surface area contributed by atoms with E-state index in [1.807, 2.05) is 24.3 Å². The van der Waals surface area contributed by atoms with E-state index in [9.17, 15) is 9.50 Å². The standard InChI is InChI=1S/C17H17FO3/c1-20-12-6-7-14(15(18)10-12)16(19)17-13-5-3-2-4-11(13)8-9-21-17/h2-7,10,16-17,19H,8-9H2,1H3. The summed E-state index contributed by atoms with van der Waals surface area (Å²) in [5, 5.41) is 10.5. The molecule has 2 aromatic carbocycles. The van der Waals surface area contributed by atoms with Crippen molar-refractivity contribution < 1.29 is 19.0 Å². The molecule has 1 aliphatic rings. The molecule has 0 saturated heterocycles. The zero-order chi connectivity index (χ0) is 14.8. The molecule has 3 nitrogen and oxygen atoms in total. The number of rotatable bonds is 3. The number of methoxy groups -OCH3 is 1. The average Bonchev–Trinajstić information content (AvgIpc) is 2.53. The fourth-order valence-corrected chi connectivity index (χ4v) is 2.72. The highest BCUT2D eigenvalue weighted by Gasteiger charge is 2.30. The van der Waals surface area contributed by atoms with Crippen LogP contribution in [0, 0.1) is 5.82 Å². The highest BCUT2D eigenvalue weighted by atomic mass is 19.1. The maximum absolute atomic E-state index is 14.1. The fraction of sp³-hybridized carbons (Fsp3) is 0.294. The molecule has 2 atom stereocenters. The summed E-state index contributed by atoms with van der Waals surface area (Å²) < 4.78 is 24.8. The Balaban J connectivity index is 1.94. The second-order valence-electron chi connectivity index (χ2n) is 5.07. The van der Waals surface area contributed by atoms with Crippen molar-refractivity contribution in [3.8, 4) is 5.75 Å². The molecule has 0 radical (unpaired) electrons. The monoisotopic (exact) mass is 288 g/mol. The average molecular weight is 288 g/mol. The van der Waals surface area contributed by atoms with Gasteiger partial charge in [-0.15, -0.1) is 0 Å². The van der Waals surface area contributed by atoms with Gasteiger partial charge in [0.1, 0.15) is 23.8 Å². The van der Waals surface area contributed by atoms with Crippen LogP contribution in [-0.2, 0) is 11.2 Å². The van der Waals surface area contributed by atoms with Crippen LogP contribution in [0.2, 0.25) is 0 Å². The summed E-state index contributed by atoms with van der Waals surface area (Å²) in [6.07, 6.45) is -0.778. The molecular formula is C17H17FO3. The second-order valence-corrected chi connectivity index (χ2v) is 5.07. The molecule has 0 bridgehead atoms. The summed E-state index contributed by atoms with van der Waals surface area (Å²) in [6, 6.07) is 12.2. The van der Waals surface area contributed by atoms with Gasteiger partial charge in [-0.3, -0.25) is 0 Å². The van der Waals surface area contributed by atoms with Gasteiger partial charge in [-0.05, 0) is 29.7 Å². The van der Waals surface area contributed by atoms with E-state index in [4.69, 9.17) is 9.47 Å². The van der Waals surface area contributed by atoms with Crippen LogP contribution >= 0.6 is 0 Å². The molecule has 0 aliphatic carbocycles. The molecule has 0 aromatic heterocycles. The van der Waals surface area contributed by atoms with E-state index in [-0.39, 0.29) is 5.56 Å². The first-order valence-corrected chi connectivity index (χ1v) is 6.91. The second kappa shape index (κ2) is 5.84. The van der Waals surface area contributed by atoms with Gasteiger partial charge < -0.3 is 14.6 Å². The third kappa shape index (κ3) is 2.64. The van der Waals surface area contributed by atoms with Gasteiger partial charge in [0.2, 0.25) is 0 Å². The number of benzene rings is 2. The topological polar surface area (TPSA) is 38.7 Å². The molecule has 1 heterocycles. The zero-order valence-corrected chi connectivity index (χ0v) is 11.8. The smallest absolute Gasteiger partial charge is 0.132 e. The fourth-order valence-electron chi connectivity index (χ4n) is 2.72. The van der Waals surface area contributed by atoms with Crippen LogP contribution in [-0.4, -0.2) is 18.8 Å². The van der Waals surface area contributed by atoms with E-state index in [0.717, 1.165) is 17.5 Å². The van der Waals surface area contributed by atoms with Gasteiger partial charge in [-0.2, -0.15) is 0 Å². The number of aliphatic hydroxyl groups excluding tert-OH is 1. The van der Waals surface area contributed by atoms with Crippen molar-refractivity contribution in [1.82, 2.24) is 0 Å². The highest BCUT2D eigenvalue weighted by molar-refractivity contribution is 5.36. The van der Waals surface area contributed by atoms with E-state index >= 15 is 0 Å². The van der Waals surface area contributed by atoms with Crippen LogP contribution in [0.15, 0.2) is 42.5 Å². The number of hydrogen-bond donors (Lipinski definition) is 1. The van der Waals surface area contributed by atoms with E-state index in [0.29, 0.717) is 12.4 Å². The van der Waals surface area contributed by atoms with Gasteiger partial charge in [0.15, 0.2) is 0 Å². The number of aliphatic hydroxyl groups is 1. The maximum Gasteiger partial charge on any atom is 0.132 e. The summed E-state index contributed by atoms with van der Waals surface area (Å²) in [6.45, 7) is 0.524. The molecule has 2 unspecified atom stereocenters. The minimum atomic E-state index is -1.04. The van der Waals surface area contributed by atoms with Gasteiger partial charge in [-0.25, -0.2) is 4.39 Å². The Kier molecular flexibility index (Phi) is 3.90. The van der Waals surface area contributed by atoms with Crippen molar-refractivity contribution in [3.63, 3.8) is 0 Å². The van der Waals surface area contributed by atoms with Crippen molar-refractivity contribution in [2.45, 2.75) is 18.6 Å². The number of halogens is 1. The molecule has 4 heteroatoms. The van der Waals surface area contributed by atoms with Crippen LogP contribution in [0.1, 0.15) is 28.9 Å². The molecule has 1 N–H and O–H groups in total. The minimum Gasteiger partial charge on any atom is -0.497 e.